The number of carboxylic acids is 1. The lowest BCUT2D eigenvalue weighted by Crippen LogP contribution is -2.37. The first-order valence-electron chi connectivity index (χ1n) is 8.11. The summed E-state index contributed by atoms with van der Waals surface area (Å²) in [5.74, 6) is -0.916. The lowest BCUT2D eigenvalue weighted by molar-refractivity contribution is -0.146. The van der Waals surface area contributed by atoms with Crippen LogP contribution >= 0.6 is 0 Å². The monoisotopic (exact) mass is 367 g/mol. The number of anilines is 1. The number of sulfonamides is 1. The summed E-state index contributed by atoms with van der Waals surface area (Å²) in [5, 5.41) is 11.9. The van der Waals surface area contributed by atoms with E-state index in [0.717, 1.165) is 12.8 Å². The van der Waals surface area contributed by atoms with Crippen LogP contribution in [0.1, 0.15) is 26.2 Å². The SMILES string of the molecule is CC1(C(=O)O)CCN(C(=O)Nc2ccc(S(=O)(=O)NC3CC3)cc2)C1. The van der Waals surface area contributed by atoms with Crippen LogP contribution in [0.25, 0.3) is 0 Å². The summed E-state index contributed by atoms with van der Waals surface area (Å²) in [5.41, 5.74) is -0.469. The number of carbonyl (C=O) groups is 2. The molecule has 9 heteroatoms. The van der Waals surface area contributed by atoms with E-state index in [1.54, 1.807) is 6.92 Å². The molecule has 1 unspecified atom stereocenters. The van der Waals surface area contributed by atoms with Crippen LogP contribution in [-0.2, 0) is 14.8 Å². The minimum Gasteiger partial charge on any atom is -0.481 e. The minimum absolute atomic E-state index is 0.0306. The Morgan fingerprint density at radius 2 is 1.88 bits per heavy atom. The predicted octanol–water partition coefficient (Wildman–Crippen LogP) is 1.46. The third kappa shape index (κ3) is 3.93. The van der Waals surface area contributed by atoms with Crippen LogP contribution in [0.2, 0.25) is 0 Å². The van der Waals surface area contributed by atoms with Crippen molar-refractivity contribution >= 4 is 27.7 Å². The van der Waals surface area contributed by atoms with Gasteiger partial charge in [-0.15, -0.1) is 0 Å². The minimum atomic E-state index is -3.52. The molecule has 1 aliphatic carbocycles. The maximum Gasteiger partial charge on any atom is 0.321 e. The molecule has 0 spiro atoms. The number of likely N-dealkylation sites (tertiary alicyclic amines) is 1. The van der Waals surface area contributed by atoms with Crippen LogP contribution in [0.3, 0.4) is 0 Å². The van der Waals surface area contributed by atoms with Gasteiger partial charge in [-0.1, -0.05) is 0 Å². The number of nitrogens with zero attached hydrogens (tertiary/aromatic N) is 1. The number of urea groups is 1. The molecule has 25 heavy (non-hydrogen) atoms. The third-order valence-electron chi connectivity index (χ3n) is 4.59. The van der Waals surface area contributed by atoms with E-state index >= 15 is 0 Å². The molecular formula is C16H21N3O5S. The summed E-state index contributed by atoms with van der Waals surface area (Å²) in [6, 6.07) is 5.55. The highest BCUT2D eigenvalue weighted by molar-refractivity contribution is 7.89. The normalized spacial score (nSPS) is 23.5. The Labute approximate surface area is 146 Å². The van der Waals surface area contributed by atoms with Crippen molar-refractivity contribution in [3.63, 3.8) is 0 Å². The number of hydrogen-bond donors (Lipinski definition) is 3. The number of carbonyl (C=O) groups excluding carboxylic acids is 1. The van der Waals surface area contributed by atoms with Crippen LogP contribution in [0.15, 0.2) is 29.2 Å². The number of hydrogen-bond acceptors (Lipinski definition) is 4. The van der Waals surface area contributed by atoms with Gasteiger partial charge in [-0.25, -0.2) is 17.9 Å². The maximum absolute atomic E-state index is 12.3. The number of carboxylic acid groups (broad SMARTS) is 1. The van der Waals surface area contributed by atoms with Gasteiger partial charge >= 0.3 is 12.0 Å². The van der Waals surface area contributed by atoms with E-state index in [2.05, 4.69) is 10.0 Å². The van der Waals surface area contributed by atoms with Crippen molar-refractivity contribution in [1.82, 2.24) is 9.62 Å². The van der Waals surface area contributed by atoms with Crippen molar-refractivity contribution in [1.29, 1.82) is 0 Å². The summed E-state index contributed by atoms with van der Waals surface area (Å²) in [7, 11) is -3.52. The Morgan fingerprint density at radius 1 is 1.24 bits per heavy atom. The zero-order valence-electron chi connectivity index (χ0n) is 13.9. The molecule has 1 heterocycles. The van der Waals surface area contributed by atoms with Crippen molar-refractivity contribution < 1.29 is 23.1 Å². The number of aliphatic carboxylic acids is 1. The Balaban J connectivity index is 1.62. The third-order valence-corrected chi connectivity index (χ3v) is 6.13. The smallest absolute Gasteiger partial charge is 0.321 e. The second-order valence-corrected chi connectivity index (χ2v) is 8.60. The lowest BCUT2D eigenvalue weighted by atomic mass is 9.90. The Hall–Kier alpha value is -2.13. The van der Waals surface area contributed by atoms with Crippen LogP contribution in [0, 0.1) is 5.41 Å². The van der Waals surface area contributed by atoms with Gasteiger partial charge in [-0.3, -0.25) is 4.79 Å². The van der Waals surface area contributed by atoms with E-state index in [1.165, 1.54) is 29.2 Å². The Kier molecular flexibility index (Phi) is 4.46. The van der Waals surface area contributed by atoms with Gasteiger partial charge in [0.25, 0.3) is 0 Å². The average Bonchev–Trinajstić information content (AvgIpc) is 3.25. The van der Waals surface area contributed by atoms with Crippen molar-refractivity contribution in [3.05, 3.63) is 24.3 Å². The Morgan fingerprint density at radius 3 is 2.40 bits per heavy atom. The summed E-state index contributed by atoms with van der Waals surface area (Å²) < 4.78 is 26.8. The van der Waals surface area contributed by atoms with Gasteiger partial charge in [-0.05, 0) is 50.5 Å². The molecule has 3 rings (SSSR count). The number of amides is 2. The Bertz CT molecular complexity index is 788. The van der Waals surface area contributed by atoms with Crippen molar-refractivity contribution in [2.45, 2.75) is 37.1 Å². The topological polar surface area (TPSA) is 116 Å². The highest BCUT2D eigenvalue weighted by Crippen LogP contribution is 2.30. The molecule has 0 aromatic heterocycles. The van der Waals surface area contributed by atoms with Crippen molar-refractivity contribution in [2.24, 2.45) is 5.41 Å². The zero-order valence-corrected chi connectivity index (χ0v) is 14.7. The first-order valence-corrected chi connectivity index (χ1v) is 9.60. The van der Waals surface area contributed by atoms with Gasteiger partial charge in [0.05, 0.1) is 10.3 Å². The largest absolute Gasteiger partial charge is 0.481 e. The standard InChI is InChI=1S/C16H21N3O5S/c1-16(14(20)21)8-9-19(10-16)15(22)17-11-4-6-13(7-5-11)25(23,24)18-12-2-3-12/h4-7,12,18H,2-3,8-10H2,1H3,(H,17,22)(H,20,21). The summed E-state index contributed by atoms with van der Waals surface area (Å²) in [4.78, 5) is 25.1. The first kappa shape index (κ1) is 17.7. The summed E-state index contributed by atoms with van der Waals surface area (Å²) >= 11 is 0. The number of rotatable bonds is 5. The van der Waals surface area contributed by atoms with E-state index in [1.807, 2.05) is 0 Å². The zero-order chi connectivity index (χ0) is 18.2. The maximum atomic E-state index is 12.3. The summed E-state index contributed by atoms with van der Waals surface area (Å²) in [6.45, 7) is 2.13. The van der Waals surface area contributed by atoms with Gasteiger partial charge in [-0.2, -0.15) is 0 Å². The summed E-state index contributed by atoms with van der Waals surface area (Å²) in [6.07, 6.45) is 2.12. The second-order valence-electron chi connectivity index (χ2n) is 6.89. The molecule has 1 aliphatic heterocycles. The molecule has 136 valence electrons. The second kappa shape index (κ2) is 6.30. The van der Waals surface area contributed by atoms with Gasteiger partial charge in [0.1, 0.15) is 0 Å². The highest BCUT2D eigenvalue weighted by atomic mass is 32.2. The number of benzene rings is 1. The van der Waals surface area contributed by atoms with Gasteiger partial charge in [0, 0.05) is 24.8 Å². The van der Waals surface area contributed by atoms with E-state index in [0.29, 0.717) is 18.7 Å². The van der Waals surface area contributed by atoms with Gasteiger partial charge in [0.15, 0.2) is 0 Å². The van der Waals surface area contributed by atoms with Crippen LogP contribution in [-0.4, -0.2) is 49.6 Å². The fourth-order valence-electron chi connectivity index (χ4n) is 2.72. The first-order chi connectivity index (χ1) is 11.7. The quantitative estimate of drug-likeness (QED) is 0.728. The molecule has 1 saturated carbocycles. The van der Waals surface area contributed by atoms with Crippen LogP contribution < -0.4 is 10.0 Å². The average molecular weight is 367 g/mol. The molecule has 1 saturated heterocycles. The molecule has 8 nitrogen and oxygen atoms in total. The van der Waals surface area contributed by atoms with Gasteiger partial charge < -0.3 is 15.3 Å². The van der Waals surface area contributed by atoms with E-state index in [4.69, 9.17) is 0 Å². The molecular weight excluding hydrogens is 346 g/mol. The molecule has 1 aromatic rings. The lowest BCUT2D eigenvalue weighted by Gasteiger charge is -2.20. The number of nitrogens with one attached hydrogen (secondary N) is 2. The predicted molar refractivity (Wildman–Crippen MR) is 90.7 cm³/mol. The fourth-order valence-corrected chi connectivity index (χ4v) is 4.02. The van der Waals surface area contributed by atoms with Crippen molar-refractivity contribution in [2.75, 3.05) is 18.4 Å². The molecule has 3 N–H and O–H groups in total. The van der Waals surface area contributed by atoms with Crippen LogP contribution in [0.5, 0.6) is 0 Å². The molecule has 2 fully saturated rings. The van der Waals surface area contributed by atoms with E-state index in [9.17, 15) is 23.1 Å². The molecule has 1 atom stereocenters. The molecule has 0 bridgehead atoms. The fraction of sp³-hybridized carbons (Fsp3) is 0.500. The molecule has 0 radical (unpaired) electrons. The molecule has 2 aliphatic rings. The molecule has 2 amide bonds. The molecule has 1 aromatic carbocycles. The van der Waals surface area contributed by atoms with Crippen LogP contribution in [0.4, 0.5) is 10.5 Å². The van der Waals surface area contributed by atoms with E-state index in [-0.39, 0.29) is 17.5 Å². The van der Waals surface area contributed by atoms with E-state index < -0.39 is 27.4 Å². The van der Waals surface area contributed by atoms with Crippen molar-refractivity contribution in [3.8, 4) is 0 Å². The van der Waals surface area contributed by atoms with Gasteiger partial charge in [0.2, 0.25) is 10.0 Å². The highest BCUT2D eigenvalue weighted by Gasteiger charge is 2.42.